The third kappa shape index (κ3) is 2.79. The summed E-state index contributed by atoms with van der Waals surface area (Å²) in [6, 6.07) is 3.53. The average molecular weight is 407 g/mol. The molecule has 1 aromatic rings. The predicted octanol–water partition coefficient (Wildman–Crippen LogP) is 3.55. The van der Waals surface area contributed by atoms with Crippen LogP contribution in [0.4, 0.5) is 0 Å². The van der Waals surface area contributed by atoms with Gasteiger partial charge in [0, 0.05) is 10.0 Å². The van der Waals surface area contributed by atoms with Crippen LogP contribution in [0.5, 0.6) is 5.75 Å². The van der Waals surface area contributed by atoms with E-state index >= 15 is 0 Å². The molecule has 1 aliphatic heterocycles. The van der Waals surface area contributed by atoms with Crippen LogP contribution in [-0.2, 0) is 9.31 Å². The standard InChI is InChI=1S/C13H18BBr2NO3/c1-12(2)13(3,4)20-14(19-12)11(17)8-5-7(15)6-9(16)10(8)18/h5-6,11,18H,17H2,1-4H3. The zero-order valence-electron chi connectivity index (χ0n) is 11.9. The number of benzene rings is 1. The molecule has 0 amide bonds. The molecule has 1 aliphatic rings. The van der Waals surface area contributed by atoms with Crippen LogP contribution in [0.1, 0.15) is 39.2 Å². The van der Waals surface area contributed by atoms with Gasteiger partial charge in [0.2, 0.25) is 0 Å². The van der Waals surface area contributed by atoms with Gasteiger partial charge in [0.05, 0.1) is 21.6 Å². The Balaban J connectivity index is 2.32. The Morgan fingerprint density at radius 1 is 1.15 bits per heavy atom. The highest BCUT2D eigenvalue weighted by Gasteiger charge is 2.53. The summed E-state index contributed by atoms with van der Waals surface area (Å²) in [6.07, 6.45) is 0. The Kier molecular flexibility index (Phi) is 4.31. The van der Waals surface area contributed by atoms with Gasteiger partial charge in [0.1, 0.15) is 5.75 Å². The summed E-state index contributed by atoms with van der Waals surface area (Å²) in [5, 5.41) is 10.2. The van der Waals surface area contributed by atoms with E-state index in [1.807, 2.05) is 27.7 Å². The molecule has 1 atom stereocenters. The van der Waals surface area contributed by atoms with Gasteiger partial charge in [0.15, 0.2) is 0 Å². The van der Waals surface area contributed by atoms with Gasteiger partial charge in [-0.25, -0.2) is 0 Å². The van der Waals surface area contributed by atoms with Gasteiger partial charge in [0.25, 0.3) is 0 Å². The maximum Gasteiger partial charge on any atom is 0.480 e. The molecule has 1 aromatic carbocycles. The van der Waals surface area contributed by atoms with E-state index in [2.05, 4.69) is 31.9 Å². The molecule has 0 bridgehead atoms. The molecule has 0 radical (unpaired) electrons. The van der Waals surface area contributed by atoms with Gasteiger partial charge < -0.3 is 20.1 Å². The van der Waals surface area contributed by atoms with Crippen molar-refractivity contribution < 1.29 is 14.4 Å². The van der Waals surface area contributed by atoms with Crippen LogP contribution in [0.25, 0.3) is 0 Å². The molecule has 0 aliphatic carbocycles. The highest BCUT2D eigenvalue weighted by molar-refractivity contribution is 9.11. The zero-order chi connectivity index (χ0) is 15.3. The number of hydrogen-bond donors (Lipinski definition) is 2. The van der Waals surface area contributed by atoms with Gasteiger partial charge in [-0.3, -0.25) is 0 Å². The highest BCUT2D eigenvalue weighted by atomic mass is 79.9. The number of nitrogens with two attached hydrogens (primary N) is 1. The smallest absolute Gasteiger partial charge is 0.480 e. The second kappa shape index (κ2) is 5.28. The molecule has 110 valence electrons. The average Bonchev–Trinajstić information content (AvgIpc) is 2.52. The van der Waals surface area contributed by atoms with Crippen LogP contribution in [0, 0.1) is 0 Å². The Hall–Kier alpha value is -0.0751. The van der Waals surface area contributed by atoms with E-state index in [0.29, 0.717) is 10.0 Å². The van der Waals surface area contributed by atoms with E-state index in [0.717, 1.165) is 4.47 Å². The van der Waals surface area contributed by atoms with Crippen molar-refractivity contribution in [1.82, 2.24) is 0 Å². The third-order valence-electron chi connectivity index (χ3n) is 3.98. The summed E-state index contributed by atoms with van der Waals surface area (Å²) in [5.41, 5.74) is 5.90. The molecule has 7 heteroatoms. The molecule has 0 aromatic heterocycles. The summed E-state index contributed by atoms with van der Waals surface area (Å²) < 4.78 is 13.3. The van der Waals surface area contributed by atoms with Gasteiger partial charge >= 0.3 is 7.12 Å². The Morgan fingerprint density at radius 2 is 1.65 bits per heavy atom. The van der Waals surface area contributed by atoms with Crippen LogP contribution in [-0.4, -0.2) is 23.4 Å². The normalized spacial score (nSPS) is 22.1. The van der Waals surface area contributed by atoms with E-state index in [1.54, 1.807) is 12.1 Å². The molecular weight excluding hydrogens is 389 g/mol. The first-order chi connectivity index (χ1) is 9.05. The molecule has 0 saturated carbocycles. The second-order valence-electron chi connectivity index (χ2n) is 5.98. The van der Waals surface area contributed by atoms with Crippen LogP contribution in [0.15, 0.2) is 21.1 Å². The lowest BCUT2D eigenvalue weighted by molar-refractivity contribution is 0.00578. The summed E-state index contributed by atoms with van der Waals surface area (Å²) in [4.78, 5) is 0. The first-order valence-corrected chi connectivity index (χ1v) is 7.93. The Labute approximate surface area is 136 Å². The lowest BCUT2D eigenvalue weighted by Crippen LogP contribution is -2.41. The van der Waals surface area contributed by atoms with Gasteiger partial charge in [-0.05, 0) is 55.8 Å². The highest BCUT2D eigenvalue weighted by Crippen LogP contribution is 2.42. The monoisotopic (exact) mass is 405 g/mol. The van der Waals surface area contributed by atoms with Crippen molar-refractivity contribution >= 4 is 39.0 Å². The van der Waals surface area contributed by atoms with Crippen LogP contribution < -0.4 is 5.73 Å². The van der Waals surface area contributed by atoms with E-state index in [1.165, 1.54) is 0 Å². The number of phenolic OH excluding ortho intramolecular Hbond substituents is 1. The fourth-order valence-electron chi connectivity index (χ4n) is 2.02. The van der Waals surface area contributed by atoms with Crippen LogP contribution in [0.3, 0.4) is 0 Å². The number of aromatic hydroxyl groups is 1. The van der Waals surface area contributed by atoms with Gasteiger partial charge in [-0.2, -0.15) is 0 Å². The molecule has 1 fully saturated rings. The lowest BCUT2D eigenvalue weighted by Gasteiger charge is -2.32. The van der Waals surface area contributed by atoms with Crippen molar-refractivity contribution in [3.8, 4) is 5.75 Å². The fraction of sp³-hybridized carbons (Fsp3) is 0.538. The molecule has 4 nitrogen and oxygen atoms in total. The topological polar surface area (TPSA) is 64.7 Å². The molecule has 1 heterocycles. The van der Waals surface area contributed by atoms with Crippen LogP contribution >= 0.6 is 31.9 Å². The minimum Gasteiger partial charge on any atom is -0.506 e. The summed E-state index contributed by atoms with van der Waals surface area (Å²) in [5.74, 6) is -0.472. The SMILES string of the molecule is CC1(C)OB(C(N)c2cc(Br)cc(Br)c2O)OC1(C)C. The maximum absolute atomic E-state index is 10.2. The number of halogens is 2. The van der Waals surface area contributed by atoms with E-state index < -0.39 is 24.3 Å². The summed E-state index contributed by atoms with van der Waals surface area (Å²) >= 11 is 6.69. The van der Waals surface area contributed by atoms with Gasteiger partial charge in [-0.15, -0.1) is 0 Å². The van der Waals surface area contributed by atoms with Crippen LogP contribution in [0.2, 0.25) is 0 Å². The second-order valence-corrected chi connectivity index (χ2v) is 7.75. The molecule has 0 spiro atoms. The molecule has 2 rings (SSSR count). The van der Waals surface area contributed by atoms with Crippen molar-refractivity contribution in [2.75, 3.05) is 0 Å². The Morgan fingerprint density at radius 3 is 2.15 bits per heavy atom. The largest absolute Gasteiger partial charge is 0.506 e. The number of phenols is 1. The fourth-order valence-corrected chi connectivity index (χ4v) is 3.28. The number of hydrogen-bond acceptors (Lipinski definition) is 4. The first kappa shape index (κ1) is 16.3. The summed E-state index contributed by atoms with van der Waals surface area (Å²) in [6.45, 7) is 7.87. The maximum atomic E-state index is 10.2. The Bertz CT molecular complexity index is 521. The molecule has 1 saturated heterocycles. The van der Waals surface area contributed by atoms with Crippen molar-refractivity contribution in [3.63, 3.8) is 0 Å². The molecule has 3 N–H and O–H groups in total. The van der Waals surface area contributed by atoms with Crippen molar-refractivity contribution in [1.29, 1.82) is 0 Å². The molecular formula is C13H18BBr2NO3. The zero-order valence-corrected chi connectivity index (χ0v) is 15.1. The van der Waals surface area contributed by atoms with Crippen molar-refractivity contribution in [2.24, 2.45) is 5.73 Å². The van der Waals surface area contributed by atoms with E-state index in [4.69, 9.17) is 15.0 Å². The minimum absolute atomic E-state index is 0.107. The van der Waals surface area contributed by atoms with E-state index in [9.17, 15) is 5.11 Å². The lowest BCUT2D eigenvalue weighted by atomic mass is 9.74. The van der Waals surface area contributed by atoms with E-state index in [-0.39, 0.29) is 5.75 Å². The van der Waals surface area contributed by atoms with Crippen molar-refractivity contribution in [2.45, 2.75) is 44.8 Å². The minimum atomic E-state index is -0.605. The third-order valence-corrected chi connectivity index (χ3v) is 5.04. The number of rotatable bonds is 2. The predicted molar refractivity (Wildman–Crippen MR) is 86.5 cm³/mol. The quantitative estimate of drug-likeness (QED) is 0.737. The molecule has 20 heavy (non-hydrogen) atoms. The molecule has 1 unspecified atom stereocenters. The first-order valence-electron chi connectivity index (χ1n) is 6.34. The van der Waals surface area contributed by atoms with Crippen molar-refractivity contribution in [3.05, 3.63) is 26.6 Å². The van der Waals surface area contributed by atoms with Gasteiger partial charge in [-0.1, -0.05) is 15.9 Å². The summed E-state index contributed by atoms with van der Waals surface area (Å²) in [7, 11) is -0.605.